The Morgan fingerprint density at radius 3 is 2.76 bits per heavy atom. The number of benzene rings is 1. The predicted octanol–water partition coefficient (Wildman–Crippen LogP) is 3.18. The van der Waals surface area contributed by atoms with Crippen LogP contribution in [0.4, 0.5) is 4.39 Å². The summed E-state index contributed by atoms with van der Waals surface area (Å²) < 4.78 is 19.5. The van der Waals surface area contributed by atoms with Crippen molar-refractivity contribution in [1.29, 1.82) is 0 Å². The van der Waals surface area contributed by atoms with E-state index < -0.39 is 0 Å². The van der Waals surface area contributed by atoms with Crippen molar-refractivity contribution >= 4 is 17.7 Å². The number of carbonyl (C=O) groups excluding carboxylic acids is 1. The average molecular weight is 367 g/mol. The van der Waals surface area contributed by atoms with Crippen molar-refractivity contribution in [2.24, 2.45) is 5.92 Å². The third-order valence-electron chi connectivity index (χ3n) is 5.33. The highest BCUT2D eigenvalue weighted by Crippen LogP contribution is 2.30. The average Bonchev–Trinajstić information content (AvgIpc) is 2.67. The molecule has 2 heterocycles. The fourth-order valence-corrected chi connectivity index (χ4v) is 4.21. The standard InChI is InChI=1S/C19H27FN2O2S/c1-14(15-5-6-18(25-2)17(20)12-15)22-7-3-4-16(13-22)19(23)21-8-10-24-11-9-21/h5-6,12,14,16H,3-4,7-11,13H2,1-2H3/t14-,16+/m0/s1. The number of thioether (sulfide) groups is 1. The van der Waals surface area contributed by atoms with Gasteiger partial charge in [-0.1, -0.05) is 6.07 Å². The summed E-state index contributed by atoms with van der Waals surface area (Å²) in [6.45, 7) is 6.50. The number of hydrogen-bond acceptors (Lipinski definition) is 4. The van der Waals surface area contributed by atoms with Gasteiger partial charge in [0, 0.05) is 30.6 Å². The maximum absolute atomic E-state index is 14.1. The van der Waals surface area contributed by atoms with Crippen LogP contribution >= 0.6 is 11.8 Å². The Labute approximate surface area is 153 Å². The highest BCUT2D eigenvalue weighted by molar-refractivity contribution is 7.98. The zero-order valence-electron chi connectivity index (χ0n) is 15.0. The lowest BCUT2D eigenvalue weighted by molar-refractivity contribution is -0.141. The first-order chi connectivity index (χ1) is 12.1. The predicted molar refractivity (Wildman–Crippen MR) is 98.3 cm³/mol. The summed E-state index contributed by atoms with van der Waals surface area (Å²) in [5.41, 5.74) is 0.981. The van der Waals surface area contributed by atoms with Gasteiger partial charge in [0.1, 0.15) is 5.82 Å². The fraction of sp³-hybridized carbons (Fsp3) is 0.632. The molecule has 2 aliphatic rings. The van der Waals surface area contributed by atoms with Gasteiger partial charge in [-0.3, -0.25) is 9.69 Å². The van der Waals surface area contributed by atoms with Gasteiger partial charge in [0.15, 0.2) is 0 Å². The van der Waals surface area contributed by atoms with E-state index in [2.05, 4.69) is 11.8 Å². The first-order valence-electron chi connectivity index (χ1n) is 9.04. The molecule has 6 heteroatoms. The van der Waals surface area contributed by atoms with E-state index in [4.69, 9.17) is 4.74 Å². The number of likely N-dealkylation sites (tertiary alicyclic amines) is 1. The lowest BCUT2D eigenvalue weighted by Gasteiger charge is -2.39. The number of amides is 1. The number of morpholine rings is 1. The number of carbonyl (C=O) groups is 1. The summed E-state index contributed by atoms with van der Waals surface area (Å²) in [4.78, 5) is 17.7. The maximum atomic E-state index is 14.1. The van der Waals surface area contributed by atoms with Crippen LogP contribution in [0.3, 0.4) is 0 Å². The third-order valence-corrected chi connectivity index (χ3v) is 6.10. The van der Waals surface area contributed by atoms with E-state index >= 15 is 0 Å². The largest absolute Gasteiger partial charge is 0.378 e. The third kappa shape index (κ3) is 4.36. The number of rotatable bonds is 4. The van der Waals surface area contributed by atoms with E-state index in [1.165, 1.54) is 11.8 Å². The second-order valence-electron chi connectivity index (χ2n) is 6.84. The van der Waals surface area contributed by atoms with Gasteiger partial charge in [-0.15, -0.1) is 11.8 Å². The van der Waals surface area contributed by atoms with Gasteiger partial charge in [-0.2, -0.15) is 0 Å². The number of hydrogen-bond donors (Lipinski definition) is 0. The van der Waals surface area contributed by atoms with Gasteiger partial charge < -0.3 is 9.64 Å². The Bertz CT molecular complexity index is 607. The maximum Gasteiger partial charge on any atom is 0.227 e. The fourth-order valence-electron chi connectivity index (χ4n) is 3.76. The zero-order chi connectivity index (χ0) is 17.8. The van der Waals surface area contributed by atoms with Crippen LogP contribution in [0.25, 0.3) is 0 Å². The molecule has 2 aliphatic heterocycles. The van der Waals surface area contributed by atoms with Crippen molar-refractivity contribution in [2.75, 3.05) is 45.6 Å². The van der Waals surface area contributed by atoms with E-state index in [1.54, 1.807) is 6.07 Å². The molecule has 0 N–H and O–H groups in total. The van der Waals surface area contributed by atoms with Crippen LogP contribution in [0.5, 0.6) is 0 Å². The summed E-state index contributed by atoms with van der Waals surface area (Å²) >= 11 is 1.42. The van der Waals surface area contributed by atoms with Crippen molar-refractivity contribution in [2.45, 2.75) is 30.7 Å². The summed E-state index contributed by atoms with van der Waals surface area (Å²) in [6, 6.07) is 5.62. The summed E-state index contributed by atoms with van der Waals surface area (Å²) in [5, 5.41) is 0. The Morgan fingerprint density at radius 2 is 2.08 bits per heavy atom. The molecule has 2 atom stereocenters. The minimum Gasteiger partial charge on any atom is -0.378 e. The van der Waals surface area contributed by atoms with Crippen LogP contribution in [0.1, 0.15) is 31.4 Å². The summed E-state index contributed by atoms with van der Waals surface area (Å²) in [6.07, 6.45) is 3.84. The highest BCUT2D eigenvalue weighted by atomic mass is 32.2. The topological polar surface area (TPSA) is 32.8 Å². The molecular weight excluding hydrogens is 339 g/mol. The molecule has 1 amide bonds. The summed E-state index contributed by atoms with van der Waals surface area (Å²) in [7, 11) is 0. The van der Waals surface area contributed by atoms with Gasteiger partial charge in [-0.25, -0.2) is 4.39 Å². The van der Waals surface area contributed by atoms with Crippen molar-refractivity contribution in [3.8, 4) is 0 Å². The monoisotopic (exact) mass is 366 g/mol. The molecule has 3 rings (SSSR count). The van der Waals surface area contributed by atoms with Crippen molar-refractivity contribution in [3.05, 3.63) is 29.6 Å². The molecule has 25 heavy (non-hydrogen) atoms. The minimum atomic E-state index is -0.158. The molecule has 4 nitrogen and oxygen atoms in total. The minimum absolute atomic E-state index is 0.0459. The van der Waals surface area contributed by atoms with Gasteiger partial charge in [0.25, 0.3) is 0 Å². The quantitative estimate of drug-likeness (QED) is 0.767. The molecule has 0 saturated carbocycles. The molecule has 138 valence electrons. The van der Waals surface area contributed by atoms with Gasteiger partial charge >= 0.3 is 0 Å². The smallest absolute Gasteiger partial charge is 0.227 e. The van der Waals surface area contributed by atoms with Crippen molar-refractivity contribution < 1.29 is 13.9 Å². The Hall–Kier alpha value is -1.11. The van der Waals surface area contributed by atoms with Crippen LogP contribution in [-0.4, -0.2) is 61.4 Å². The van der Waals surface area contributed by atoms with Gasteiger partial charge in [-0.05, 0) is 50.3 Å². The van der Waals surface area contributed by atoms with E-state index in [0.717, 1.165) is 31.5 Å². The van der Waals surface area contributed by atoms with E-state index in [9.17, 15) is 9.18 Å². The molecule has 0 unspecified atom stereocenters. The number of ether oxygens (including phenoxy) is 1. The van der Waals surface area contributed by atoms with E-state index in [1.807, 2.05) is 23.3 Å². The molecule has 0 spiro atoms. The molecule has 2 saturated heterocycles. The van der Waals surface area contributed by atoms with Gasteiger partial charge in [0.2, 0.25) is 5.91 Å². The SMILES string of the molecule is CSc1ccc([C@H](C)N2CCC[C@@H](C(=O)N3CCOCC3)C2)cc1F. The van der Waals surface area contributed by atoms with E-state index in [-0.39, 0.29) is 23.7 Å². The number of piperidine rings is 1. The molecule has 0 bridgehead atoms. The van der Waals surface area contributed by atoms with Gasteiger partial charge in [0.05, 0.1) is 19.1 Å². The van der Waals surface area contributed by atoms with E-state index in [0.29, 0.717) is 31.2 Å². The van der Waals surface area contributed by atoms with Crippen LogP contribution in [0.15, 0.2) is 23.1 Å². The van der Waals surface area contributed by atoms with Crippen molar-refractivity contribution in [1.82, 2.24) is 9.80 Å². The van der Waals surface area contributed by atoms with Crippen LogP contribution in [0.2, 0.25) is 0 Å². The first kappa shape index (κ1) is 18.7. The summed E-state index contributed by atoms with van der Waals surface area (Å²) in [5.74, 6) is 0.142. The number of halogens is 1. The molecule has 1 aromatic carbocycles. The normalized spacial score (nSPS) is 23.5. The molecule has 1 aromatic rings. The lowest BCUT2D eigenvalue weighted by Crippen LogP contribution is -2.48. The Balaban J connectivity index is 1.65. The molecule has 0 aliphatic carbocycles. The second-order valence-corrected chi connectivity index (χ2v) is 7.69. The molecule has 0 radical (unpaired) electrons. The Kier molecular flexibility index (Phi) is 6.36. The lowest BCUT2D eigenvalue weighted by atomic mass is 9.94. The molecular formula is C19H27FN2O2S. The van der Waals surface area contributed by atoms with Crippen molar-refractivity contribution in [3.63, 3.8) is 0 Å². The molecule has 2 fully saturated rings. The molecule has 0 aromatic heterocycles. The first-order valence-corrected chi connectivity index (χ1v) is 10.3. The van der Waals surface area contributed by atoms with Crippen LogP contribution in [0, 0.1) is 11.7 Å². The Morgan fingerprint density at radius 1 is 1.32 bits per heavy atom. The highest BCUT2D eigenvalue weighted by Gasteiger charge is 2.32. The number of nitrogens with zero attached hydrogens (tertiary/aromatic N) is 2. The zero-order valence-corrected chi connectivity index (χ0v) is 15.9. The van der Waals surface area contributed by atoms with Crippen LogP contribution < -0.4 is 0 Å². The second kappa shape index (κ2) is 8.52. The van der Waals surface area contributed by atoms with Crippen LogP contribution in [-0.2, 0) is 9.53 Å².